The summed E-state index contributed by atoms with van der Waals surface area (Å²) in [5, 5.41) is 15.0. The number of nitro groups is 1. The lowest BCUT2D eigenvalue weighted by atomic mass is 10.1. The van der Waals surface area contributed by atoms with Crippen LogP contribution < -0.4 is 10.2 Å². The number of ether oxygens (including phenoxy) is 1. The van der Waals surface area contributed by atoms with Crippen molar-refractivity contribution in [2.45, 2.75) is 6.92 Å². The molecule has 0 aliphatic heterocycles. The number of benzene rings is 2. The SMILES string of the molecule is CC(=NNC(=O)COc1ccccc1Cl)c1ccc([N+](=O)[O-])cc1. The van der Waals surface area contributed by atoms with Gasteiger partial charge in [0.15, 0.2) is 6.61 Å². The number of hydrogen-bond donors (Lipinski definition) is 1. The lowest BCUT2D eigenvalue weighted by Crippen LogP contribution is -2.25. The molecule has 1 N–H and O–H groups in total. The summed E-state index contributed by atoms with van der Waals surface area (Å²) in [6.07, 6.45) is 0. The topological polar surface area (TPSA) is 93.8 Å². The number of rotatable bonds is 6. The number of carbonyl (C=O) groups excluding carboxylic acids is 1. The van der Waals surface area contributed by atoms with E-state index in [0.29, 0.717) is 22.0 Å². The maximum absolute atomic E-state index is 11.7. The molecule has 0 heterocycles. The molecule has 0 aliphatic carbocycles. The molecule has 1 amide bonds. The second-order valence-corrected chi connectivity index (χ2v) is 5.16. The molecule has 124 valence electrons. The van der Waals surface area contributed by atoms with E-state index in [0.717, 1.165) is 0 Å². The number of hydrogen-bond acceptors (Lipinski definition) is 5. The van der Waals surface area contributed by atoms with Crippen molar-refractivity contribution in [2.75, 3.05) is 6.61 Å². The highest BCUT2D eigenvalue weighted by molar-refractivity contribution is 6.32. The van der Waals surface area contributed by atoms with Crippen molar-refractivity contribution in [3.63, 3.8) is 0 Å². The molecule has 0 unspecified atom stereocenters. The van der Waals surface area contributed by atoms with E-state index in [1.54, 1.807) is 43.3 Å². The maximum atomic E-state index is 11.7. The summed E-state index contributed by atoms with van der Waals surface area (Å²) in [7, 11) is 0. The van der Waals surface area contributed by atoms with Gasteiger partial charge in [-0.1, -0.05) is 23.7 Å². The average molecular weight is 348 g/mol. The lowest BCUT2D eigenvalue weighted by molar-refractivity contribution is -0.384. The largest absolute Gasteiger partial charge is 0.482 e. The van der Waals surface area contributed by atoms with Crippen LogP contribution in [-0.2, 0) is 4.79 Å². The molecule has 8 heteroatoms. The Kier molecular flexibility index (Phi) is 5.86. The first-order chi connectivity index (χ1) is 11.5. The minimum absolute atomic E-state index is 0.0104. The van der Waals surface area contributed by atoms with Crippen LogP contribution in [0.2, 0.25) is 5.02 Å². The summed E-state index contributed by atoms with van der Waals surface area (Å²) < 4.78 is 5.29. The van der Waals surface area contributed by atoms with Crippen molar-refractivity contribution in [1.29, 1.82) is 0 Å². The van der Waals surface area contributed by atoms with E-state index in [1.807, 2.05) is 0 Å². The molecule has 0 atom stereocenters. The highest BCUT2D eigenvalue weighted by Gasteiger charge is 2.07. The van der Waals surface area contributed by atoms with Gasteiger partial charge in [-0.15, -0.1) is 0 Å². The Morgan fingerprint density at radius 2 is 1.92 bits per heavy atom. The van der Waals surface area contributed by atoms with Gasteiger partial charge in [0.2, 0.25) is 0 Å². The number of nitro benzene ring substituents is 1. The zero-order chi connectivity index (χ0) is 17.5. The molecule has 2 aromatic rings. The average Bonchev–Trinajstić information content (AvgIpc) is 2.59. The van der Waals surface area contributed by atoms with Crippen LogP contribution in [0.15, 0.2) is 53.6 Å². The number of amides is 1. The summed E-state index contributed by atoms with van der Waals surface area (Å²) in [5.41, 5.74) is 3.51. The second-order valence-electron chi connectivity index (χ2n) is 4.76. The molecule has 2 aromatic carbocycles. The molecule has 0 spiro atoms. The van der Waals surface area contributed by atoms with E-state index in [-0.39, 0.29) is 12.3 Å². The van der Waals surface area contributed by atoms with Gasteiger partial charge in [0.25, 0.3) is 11.6 Å². The first-order valence-electron chi connectivity index (χ1n) is 6.92. The Morgan fingerprint density at radius 1 is 1.25 bits per heavy atom. The molecule has 0 saturated carbocycles. The van der Waals surface area contributed by atoms with E-state index in [2.05, 4.69) is 10.5 Å². The molecule has 7 nitrogen and oxygen atoms in total. The van der Waals surface area contributed by atoms with Crippen LogP contribution in [-0.4, -0.2) is 23.1 Å². The van der Waals surface area contributed by atoms with Crippen LogP contribution in [0.4, 0.5) is 5.69 Å². The van der Waals surface area contributed by atoms with Gasteiger partial charge in [0.05, 0.1) is 15.7 Å². The van der Waals surface area contributed by atoms with Crippen molar-refractivity contribution >= 4 is 28.9 Å². The predicted molar refractivity (Wildman–Crippen MR) is 90.4 cm³/mol. The van der Waals surface area contributed by atoms with E-state index in [1.165, 1.54) is 12.1 Å². The van der Waals surface area contributed by atoms with Gasteiger partial charge in [0.1, 0.15) is 5.75 Å². The Labute approximate surface area is 143 Å². The normalized spacial score (nSPS) is 11.0. The van der Waals surface area contributed by atoms with Gasteiger partial charge in [-0.2, -0.15) is 5.10 Å². The third-order valence-electron chi connectivity index (χ3n) is 3.04. The van der Waals surface area contributed by atoms with E-state index < -0.39 is 10.8 Å². The number of hydrazone groups is 1. The zero-order valence-corrected chi connectivity index (χ0v) is 13.5. The van der Waals surface area contributed by atoms with Crippen molar-refractivity contribution in [3.8, 4) is 5.75 Å². The standard InChI is InChI=1S/C16H14ClN3O4/c1-11(12-6-8-13(9-7-12)20(22)23)18-19-16(21)10-24-15-5-3-2-4-14(15)17/h2-9H,10H2,1H3,(H,19,21). The van der Waals surface area contributed by atoms with Crippen molar-refractivity contribution < 1.29 is 14.5 Å². The molecular formula is C16H14ClN3O4. The maximum Gasteiger partial charge on any atom is 0.277 e. The lowest BCUT2D eigenvalue weighted by Gasteiger charge is -2.07. The summed E-state index contributed by atoms with van der Waals surface area (Å²) in [4.78, 5) is 21.9. The fourth-order valence-electron chi connectivity index (χ4n) is 1.77. The molecule has 0 aliphatic rings. The van der Waals surface area contributed by atoms with Crippen molar-refractivity contribution in [3.05, 3.63) is 69.2 Å². The van der Waals surface area contributed by atoms with Crippen LogP contribution in [0.25, 0.3) is 0 Å². The number of halogens is 1. The van der Waals surface area contributed by atoms with Gasteiger partial charge in [0, 0.05) is 12.1 Å². The van der Waals surface area contributed by atoms with Crippen LogP contribution in [0.5, 0.6) is 5.75 Å². The quantitative estimate of drug-likeness (QED) is 0.493. The Balaban J connectivity index is 1.90. The highest BCUT2D eigenvalue weighted by Crippen LogP contribution is 2.22. The molecule has 0 fully saturated rings. The Bertz CT molecular complexity index is 775. The fourth-order valence-corrected chi connectivity index (χ4v) is 1.96. The van der Waals surface area contributed by atoms with E-state index in [9.17, 15) is 14.9 Å². The minimum Gasteiger partial charge on any atom is -0.482 e. The molecule has 0 aromatic heterocycles. The predicted octanol–water partition coefficient (Wildman–Crippen LogP) is 3.17. The zero-order valence-electron chi connectivity index (χ0n) is 12.7. The van der Waals surface area contributed by atoms with Crippen molar-refractivity contribution in [1.82, 2.24) is 5.43 Å². The number of nitrogens with zero attached hydrogens (tertiary/aromatic N) is 2. The van der Waals surface area contributed by atoms with Crippen LogP contribution in [0.1, 0.15) is 12.5 Å². The second kappa shape index (κ2) is 8.07. The third-order valence-corrected chi connectivity index (χ3v) is 3.35. The summed E-state index contributed by atoms with van der Waals surface area (Å²) in [5.74, 6) is -0.0402. The molecule has 2 rings (SSSR count). The summed E-state index contributed by atoms with van der Waals surface area (Å²) >= 11 is 5.92. The smallest absolute Gasteiger partial charge is 0.277 e. The van der Waals surface area contributed by atoms with E-state index in [4.69, 9.17) is 16.3 Å². The summed E-state index contributed by atoms with van der Waals surface area (Å²) in [6, 6.07) is 12.7. The van der Waals surface area contributed by atoms with Crippen LogP contribution in [0.3, 0.4) is 0 Å². The van der Waals surface area contributed by atoms with Gasteiger partial charge >= 0.3 is 0 Å². The van der Waals surface area contributed by atoms with Crippen molar-refractivity contribution in [2.24, 2.45) is 5.10 Å². The molecule has 24 heavy (non-hydrogen) atoms. The van der Waals surface area contributed by atoms with Gasteiger partial charge in [-0.25, -0.2) is 5.43 Å². The first kappa shape index (κ1) is 17.4. The number of non-ortho nitro benzene ring substituents is 1. The molecule has 0 bridgehead atoms. The van der Waals surface area contributed by atoms with Gasteiger partial charge < -0.3 is 4.74 Å². The van der Waals surface area contributed by atoms with Crippen LogP contribution in [0, 0.1) is 10.1 Å². The Hall–Kier alpha value is -2.93. The molecule has 0 radical (unpaired) electrons. The third kappa shape index (κ3) is 4.79. The number of carbonyl (C=O) groups is 1. The van der Waals surface area contributed by atoms with Gasteiger partial charge in [-0.3, -0.25) is 14.9 Å². The minimum atomic E-state index is -0.482. The molecular weight excluding hydrogens is 334 g/mol. The Morgan fingerprint density at radius 3 is 2.54 bits per heavy atom. The number of para-hydroxylation sites is 1. The van der Waals surface area contributed by atoms with Gasteiger partial charge in [-0.05, 0) is 36.8 Å². The van der Waals surface area contributed by atoms with E-state index >= 15 is 0 Å². The fraction of sp³-hybridized carbons (Fsp3) is 0.125. The van der Waals surface area contributed by atoms with Crippen LogP contribution >= 0.6 is 11.6 Å². The number of nitrogens with one attached hydrogen (secondary N) is 1. The molecule has 0 saturated heterocycles. The first-order valence-corrected chi connectivity index (χ1v) is 7.30. The monoisotopic (exact) mass is 347 g/mol. The summed E-state index contributed by atoms with van der Waals surface area (Å²) in [6.45, 7) is 1.44. The highest BCUT2D eigenvalue weighted by atomic mass is 35.5.